The molecular formula is C15H15ClN2OS. The summed E-state index contributed by atoms with van der Waals surface area (Å²) in [4.78, 5) is 6.13. The van der Waals surface area contributed by atoms with Crippen LogP contribution >= 0.6 is 23.8 Å². The molecule has 0 unspecified atom stereocenters. The van der Waals surface area contributed by atoms with Crippen LogP contribution in [0.3, 0.4) is 0 Å². The maximum atomic E-state index is 5.98. The number of hydrogen-bond donors (Lipinski definition) is 0. The van der Waals surface area contributed by atoms with Crippen LogP contribution in [-0.2, 0) is 0 Å². The molecule has 0 N–H and O–H groups in total. The third-order valence-corrected chi connectivity index (χ3v) is 3.61. The summed E-state index contributed by atoms with van der Waals surface area (Å²) in [6, 6.07) is 11.2. The molecule has 0 atom stereocenters. The number of benzene rings is 1. The first-order valence-electron chi connectivity index (χ1n) is 6.13. The van der Waals surface area contributed by atoms with Gasteiger partial charge in [0.25, 0.3) is 5.17 Å². The number of pyridine rings is 1. The van der Waals surface area contributed by atoms with Crippen LogP contribution in [0.4, 0.5) is 5.82 Å². The average molecular weight is 307 g/mol. The summed E-state index contributed by atoms with van der Waals surface area (Å²) in [7, 11) is 1.83. The van der Waals surface area contributed by atoms with E-state index < -0.39 is 0 Å². The maximum Gasteiger partial charge on any atom is 0.270 e. The molecule has 0 saturated heterocycles. The van der Waals surface area contributed by atoms with Gasteiger partial charge in [-0.1, -0.05) is 17.7 Å². The molecule has 0 aliphatic heterocycles. The van der Waals surface area contributed by atoms with Gasteiger partial charge in [0.1, 0.15) is 11.6 Å². The fourth-order valence-corrected chi connectivity index (χ4v) is 1.97. The largest absolute Gasteiger partial charge is 0.432 e. The van der Waals surface area contributed by atoms with E-state index in [2.05, 4.69) is 4.98 Å². The highest BCUT2D eigenvalue weighted by atomic mass is 35.5. The number of nitrogens with zero attached hydrogens (tertiary/aromatic N) is 2. The highest BCUT2D eigenvalue weighted by Gasteiger charge is 2.11. The van der Waals surface area contributed by atoms with Gasteiger partial charge in [0, 0.05) is 17.8 Å². The first-order chi connectivity index (χ1) is 9.47. The molecule has 5 heteroatoms. The second-order valence-corrected chi connectivity index (χ2v) is 5.23. The van der Waals surface area contributed by atoms with Gasteiger partial charge in [-0.3, -0.25) is 4.90 Å². The van der Waals surface area contributed by atoms with Gasteiger partial charge in [-0.2, -0.15) is 0 Å². The van der Waals surface area contributed by atoms with E-state index in [1.807, 2.05) is 45.2 Å². The first kappa shape index (κ1) is 14.8. The summed E-state index contributed by atoms with van der Waals surface area (Å²) in [5.74, 6) is 1.41. The second-order valence-electron chi connectivity index (χ2n) is 4.48. The number of aromatic nitrogens is 1. The van der Waals surface area contributed by atoms with Crippen molar-refractivity contribution >= 4 is 34.8 Å². The highest BCUT2D eigenvalue weighted by Crippen LogP contribution is 2.22. The Morgan fingerprint density at radius 3 is 2.65 bits per heavy atom. The smallest absolute Gasteiger partial charge is 0.270 e. The lowest BCUT2D eigenvalue weighted by molar-refractivity contribution is 0.551. The molecular weight excluding hydrogens is 292 g/mol. The van der Waals surface area contributed by atoms with Crippen LogP contribution in [0.15, 0.2) is 36.4 Å². The lowest BCUT2D eigenvalue weighted by Gasteiger charge is -2.19. The van der Waals surface area contributed by atoms with Crippen LogP contribution in [-0.4, -0.2) is 17.2 Å². The predicted octanol–water partition coefficient (Wildman–Crippen LogP) is 4.15. The van der Waals surface area contributed by atoms with E-state index in [0.717, 1.165) is 17.1 Å². The van der Waals surface area contributed by atoms with Gasteiger partial charge >= 0.3 is 0 Å². The van der Waals surface area contributed by atoms with Gasteiger partial charge in [-0.15, -0.1) is 0 Å². The van der Waals surface area contributed by atoms with E-state index >= 15 is 0 Å². The van der Waals surface area contributed by atoms with Gasteiger partial charge in [0.2, 0.25) is 0 Å². The standard InChI is InChI=1S/C15H15ClN2OS/c1-10-9-12(7-8-13(10)16)19-15(20)18(3)14-6-4-5-11(2)17-14/h4-9H,1-3H3. The minimum atomic E-state index is 0.338. The van der Waals surface area contributed by atoms with Crippen LogP contribution < -0.4 is 9.64 Å². The molecule has 1 aromatic heterocycles. The molecule has 2 rings (SSSR count). The summed E-state index contributed by atoms with van der Waals surface area (Å²) >= 11 is 11.3. The van der Waals surface area contributed by atoms with Crippen molar-refractivity contribution < 1.29 is 4.74 Å². The van der Waals surface area contributed by atoms with Crippen LogP contribution in [0.1, 0.15) is 11.3 Å². The minimum Gasteiger partial charge on any atom is -0.432 e. The van der Waals surface area contributed by atoms with Crippen LogP contribution in [0, 0.1) is 13.8 Å². The topological polar surface area (TPSA) is 25.4 Å². The van der Waals surface area contributed by atoms with Gasteiger partial charge in [-0.25, -0.2) is 4.98 Å². The molecule has 104 valence electrons. The molecule has 0 amide bonds. The van der Waals surface area contributed by atoms with Gasteiger partial charge in [0.15, 0.2) is 0 Å². The van der Waals surface area contributed by atoms with E-state index in [-0.39, 0.29) is 0 Å². The zero-order valence-electron chi connectivity index (χ0n) is 11.6. The number of halogens is 1. The Bertz CT molecular complexity index is 646. The zero-order chi connectivity index (χ0) is 14.7. The summed E-state index contributed by atoms with van der Waals surface area (Å²) < 4.78 is 5.66. The molecule has 0 bridgehead atoms. The Morgan fingerprint density at radius 2 is 2.00 bits per heavy atom. The molecule has 0 spiro atoms. The molecule has 0 aliphatic carbocycles. The normalized spacial score (nSPS) is 10.2. The van der Waals surface area contributed by atoms with E-state index in [1.54, 1.807) is 17.0 Å². The van der Waals surface area contributed by atoms with Crippen molar-refractivity contribution in [2.24, 2.45) is 0 Å². The van der Waals surface area contributed by atoms with Crippen molar-refractivity contribution in [3.63, 3.8) is 0 Å². The number of thiocarbonyl (C=S) groups is 1. The van der Waals surface area contributed by atoms with E-state index in [9.17, 15) is 0 Å². The van der Waals surface area contributed by atoms with E-state index in [0.29, 0.717) is 15.9 Å². The van der Waals surface area contributed by atoms with Crippen LogP contribution in [0.25, 0.3) is 0 Å². The molecule has 20 heavy (non-hydrogen) atoms. The molecule has 1 heterocycles. The third-order valence-electron chi connectivity index (χ3n) is 2.83. The maximum absolute atomic E-state index is 5.98. The number of hydrogen-bond acceptors (Lipinski definition) is 3. The Morgan fingerprint density at radius 1 is 1.25 bits per heavy atom. The Hall–Kier alpha value is -1.65. The summed E-state index contributed by atoms with van der Waals surface area (Å²) in [6.07, 6.45) is 0. The van der Waals surface area contributed by atoms with Crippen molar-refractivity contribution in [2.45, 2.75) is 13.8 Å². The molecule has 0 radical (unpaired) electrons. The Balaban J connectivity index is 2.13. The molecule has 0 saturated carbocycles. The third kappa shape index (κ3) is 3.46. The van der Waals surface area contributed by atoms with Crippen molar-refractivity contribution in [3.05, 3.63) is 52.7 Å². The quantitative estimate of drug-likeness (QED) is 0.778. The highest BCUT2D eigenvalue weighted by molar-refractivity contribution is 7.80. The second kappa shape index (κ2) is 6.20. The number of ether oxygens (including phenoxy) is 1. The Labute approximate surface area is 129 Å². The van der Waals surface area contributed by atoms with Crippen molar-refractivity contribution in [1.82, 2.24) is 4.98 Å². The summed E-state index contributed by atoms with van der Waals surface area (Å²) in [5.41, 5.74) is 1.88. The van der Waals surface area contributed by atoms with Gasteiger partial charge < -0.3 is 4.74 Å². The summed E-state index contributed by atoms with van der Waals surface area (Å²) in [5, 5.41) is 1.04. The monoisotopic (exact) mass is 306 g/mol. The molecule has 1 aromatic carbocycles. The molecule has 2 aromatic rings. The SMILES string of the molecule is Cc1cccc(N(C)C(=S)Oc2ccc(Cl)c(C)c2)n1. The predicted molar refractivity (Wildman–Crippen MR) is 86.8 cm³/mol. The van der Waals surface area contributed by atoms with Crippen molar-refractivity contribution in [3.8, 4) is 5.75 Å². The van der Waals surface area contributed by atoms with E-state index in [1.165, 1.54) is 0 Å². The number of rotatable bonds is 2. The minimum absolute atomic E-state index is 0.338. The van der Waals surface area contributed by atoms with Crippen molar-refractivity contribution in [1.29, 1.82) is 0 Å². The first-order valence-corrected chi connectivity index (χ1v) is 6.91. The lowest BCUT2D eigenvalue weighted by atomic mass is 10.2. The molecule has 0 aliphatic rings. The van der Waals surface area contributed by atoms with Crippen molar-refractivity contribution in [2.75, 3.05) is 11.9 Å². The fraction of sp³-hybridized carbons (Fsp3) is 0.200. The summed E-state index contributed by atoms with van der Waals surface area (Å²) in [6.45, 7) is 3.86. The Kier molecular flexibility index (Phi) is 4.57. The molecule has 3 nitrogen and oxygen atoms in total. The van der Waals surface area contributed by atoms with Crippen LogP contribution in [0.5, 0.6) is 5.75 Å². The lowest BCUT2D eigenvalue weighted by Crippen LogP contribution is -2.30. The average Bonchev–Trinajstić information content (AvgIpc) is 2.42. The fourth-order valence-electron chi connectivity index (χ4n) is 1.66. The van der Waals surface area contributed by atoms with E-state index in [4.69, 9.17) is 28.6 Å². The molecule has 0 fully saturated rings. The zero-order valence-corrected chi connectivity index (χ0v) is 13.1. The number of anilines is 1. The number of aryl methyl sites for hydroxylation is 2. The van der Waals surface area contributed by atoms with Gasteiger partial charge in [-0.05, 0) is 62.0 Å². The van der Waals surface area contributed by atoms with Gasteiger partial charge in [0.05, 0.1) is 0 Å². The van der Waals surface area contributed by atoms with Crippen LogP contribution in [0.2, 0.25) is 5.02 Å².